The van der Waals surface area contributed by atoms with Crippen molar-refractivity contribution >= 4 is 24.3 Å². The maximum absolute atomic E-state index is 6.06. The van der Waals surface area contributed by atoms with E-state index in [-0.39, 0.29) is 11.2 Å². The number of nitrogens with zero attached hydrogens (tertiary/aromatic N) is 3. The summed E-state index contributed by atoms with van der Waals surface area (Å²) >= 11 is 1.74. The van der Waals surface area contributed by atoms with Gasteiger partial charge in [0.25, 0.3) is 0 Å². The minimum Gasteiger partial charge on any atom is -0.399 e. The number of aromatic nitrogens is 2. The number of thioether (sulfide) groups is 1. The van der Waals surface area contributed by atoms with Crippen molar-refractivity contribution in [2.45, 2.75) is 63.3 Å². The first kappa shape index (κ1) is 21.1. The van der Waals surface area contributed by atoms with E-state index in [9.17, 15) is 0 Å². The normalized spacial score (nSPS) is 23.1. The third-order valence-electron chi connectivity index (χ3n) is 6.08. The largest absolute Gasteiger partial charge is 0.498 e. The smallest absolute Gasteiger partial charge is 0.399 e. The fraction of sp³-hybridized carbons (Fsp3) is 0.789. The summed E-state index contributed by atoms with van der Waals surface area (Å²) in [4.78, 5) is 11.5. The monoisotopic (exact) mass is 392 g/mol. The van der Waals surface area contributed by atoms with Gasteiger partial charge >= 0.3 is 7.12 Å². The van der Waals surface area contributed by atoms with Crippen molar-refractivity contribution < 1.29 is 9.31 Å². The lowest BCUT2D eigenvalue weighted by Crippen LogP contribution is -2.41. The van der Waals surface area contributed by atoms with Crippen LogP contribution in [0, 0.1) is 5.92 Å². The molecule has 0 amide bonds. The Morgan fingerprint density at radius 1 is 1.15 bits per heavy atom. The lowest BCUT2D eigenvalue weighted by molar-refractivity contribution is 0.00578. The van der Waals surface area contributed by atoms with Crippen LogP contribution in [0.15, 0.2) is 17.6 Å². The summed E-state index contributed by atoms with van der Waals surface area (Å²) in [5.74, 6) is 1.88. The molecule has 0 aromatic carbocycles. The quantitative estimate of drug-likeness (QED) is 0.432. The third-order valence-corrected chi connectivity index (χ3v) is 6.99. The molecule has 3 heterocycles. The molecule has 0 atom stereocenters. The maximum Gasteiger partial charge on any atom is 0.498 e. The fourth-order valence-corrected chi connectivity index (χ4v) is 4.39. The molecule has 2 saturated heterocycles. The number of nitrogens with two attached hydrogens (primary N) is 1. The van der Waals surface area contributed by atoms with Crippen LogP contribution in [0.5, 0.6) is 0 Å². The maximum atomic E-state index is 6.06. The van der Waals surface area contributed by atoms with Crippen molar-refractivity contribution in [2.24, 2.45) is 11.7 Å². The fourth-order valence-electron chi connectivity index (χ4n) is 3.50. The molecule has 0 aliphatic carbocycles. The lowest BCUT2D eigenvalue weighted by Gasteiger charge is -2.32. The SMILES string of the molecule is CC1(C)OB(c2cnc(SCCC3CCN(CCN)CC3)nc2)OC1(C)C. The molecule has 27 heavy (non-hydrogen) atoms. The van der Waals surface area contributed by atoms with Gasteiger partial charge in [0.15, 0.2) is 5.16 Å². The molecule has 2 fully saturated rings. The summed E-state index contributed by atoms with van der Waals surface area (Å²) in [6, 6.07) is 0. The molecule has 150 valence electrons. The number of hydrogen-bond donors (Lipinski definition) is 1. The summed E-state index contributed by atoms with van der Waals surface area (Å²) < 4.78 is 12.1. The van der Waals surface area contributed by atoms with Crippen LogP contribution in [0.1, 0.15) is 47.0 Å². The lowest BCUT2D eigenvalue weighted by atomic mass is 9.81. The highest BCUT2D eigenvalue weighted by molar-refractivity contribution is 7.99. The Labute approximate surface area is 168 Å². The zero-order valence-corrected chi connectivity index (χ0v) is 17.9. The molecule has 1 aromatic heterocycles. The van der Waals surface area contributed by atoms with Gasteiger partial charge in [-0.2, -0.15) is 0 Å². The van der Waals surface area contributed by atoms with Gasteiger partial charge in [0.1, 0.15) is 0 Å². The minimum absolute atomic E-state index is 0.342. The Kier molecular flexibility index (Phi) is 6.85. The van der Waals surface area contributed by atoms with Crippen molar-refractivity contribution in [2.75, 3.05) is 31.9 Å². The Morgan fingerprint density at radius 2 is 1.74 bits per heavy atom. The molecule has 3 rings (SSSR count). The molecule has 2 aliphatic heterocycles. The second-order valence-corrected chi connectivity index (χ2v) is 9.66. The first-order chi connectivity index (χ1) is 12.8. The highest BCUT2D eigenvalue weighted by Gasteiger charge is 2.51. The topological polar surface area (TPSA) is 73.5 Å². The van der Waals surface area contributed by atoms with Crippen LogP contribution in [0.25, 0.3) is 0 Å². The predicted molar refractivity (Wildman–Crippen MR) is 111 cm³/mol. The van der Waals surface area contributed by atoms with E-state index in [1.54, 1.807) is 11.8 Å². The van der Waals surface area contributed by atoms with E-state index >= 15 is 0 Å². The molecule has 0 radical (unpaired) electrons. The van der Waals surface area contributed by atoms with Crippen molar-refractivity contribution in [3.05, 3.63) is 12.4 Å². The molecule has 2 N–H and O–H groups in total. The molecule has 0 spiro atoms. The molecular weight excluding hydrogens is 359 g/mol. The van der Waals surface area contributed by atoms with Gasteiger partial charge in [0, 0.05) is 36.7 Å². The Morgan fingerprint density at radius 3 is 2.30 bits per heavy atom. The summed E-state index contributed by atoms with van der Waals surface area (Å²) in [6.45, 7) is 12.4. The minimum atomic E-state index is -0.396. The van der Waals surface area contributed by atoms with E-state index in [1.807, 2.05) is 12.4 Å². The van der Waals surface area contributed by atoms with E-state index < -0.39 is 7.12 Å². The standard InChI is InChI=1S/C19H33BN4O2S/c1-18(2)19(3,4)26-20(25-18)16-13-22-17(23-14-16)27-12-7-15-5-9-24(10-6-15)11-8-21/h13-15H,5-12,21H2,1-4H3. The van der Waals surface area contributed by atoms with Crippen LogP contribution in [0.3, 0.4) is 0 Å². The first-order valence-electron chi connectivity index (χ1n) is 10.0. The number of likely N-dealkylation sites (tertiary alicyclic amines) is 1. The summed E-state index contributed by atoms with van der Waals surface area (Å²) in [6.07, 6.45) is 7.46. The average Bonchev–Trinajstić information content (AvgIpc) is 2.85. The molecule has 0 bridgehead atoms. The number of rotatable bonds is 7. The van der Waals surface area contributed by atoms with Gasteiger partial charge in [-0.25, -0.2) is 9.97 Å². The van der Waals surface area contributed by atoms with Crippen LogP contribution in [0.4, 0.5) is 0 Å². The molecule has 0 saturated carbocycles. The zero-order chi connectivity index (χ0) is 19.5. The molecule has 6 nitrogen and oxygen atoms in total. The number of piperidine rings is 1. The van der Waals surface area contributed by atoms with E-state index in [1.165, 1.54) is 32.4 Å². The second-order valence-electron chi connectivity index (χ2n) is 8.60. The van der Waals surface area contributed by atoms with Gasteiger partial charge < -0.3 is 19.9 Å². The van der Waals surface area contributed by atoms with Crippen LogP contribution < -0.4 is 11.2 Å². The van der Waals surface area contributed by atoms with Gasteiger partial charge in [-0.1, -0.05) is 11.8 Å². The van der Waals surface area contributed by atoms with Gasteiger partial charge in [-0.05, 0) is 66.0 Å². The van der Waals surface area contributed by atoms with Crippen molar-refractivity contribution in [3.63, 3.8) is 0 Å². The van der Waals surface area contributed by atoms with Crippen LogP contribution in [0.2, 0.25) is 0 Å². The summed E-state index contributed by atoms with van der Waals surface area (Å²) in [5.41, 5.74) is 5.84. The highest BCUT2D eigenvalue weighted by Crippen LogP contribution is 2.36. The van der Waals surface area contributed by atoms with Gasteiger partial charge in [0.2, 0.25) is 0 Å². The predicted octanol–water partition coefficient (Wildman–Crippen LogP) is 1.93. The molecule has 2 aliphatic rings. The van der Waals surface area contributed by atoms with Crippen molar-refractivity contribution in [1.82, 2.24) is 14.9 Å². The third kappa shape index (κ3) is 5.23. The average molecular weight is 392 g/mol. The molecule has 8 heteroatoms. The zero-order valence-electron chi connectivity index (χ0n) is 17.1. The van der Waals surface area contributed by atoms with Gasteiger partial charge in [0.05, 0.1) is 11.2 Å². The van der Waals surface area contributed by atoms with Gasteiger partial charge in [-0.3, -0.25) is 0 Å². The Bertz CT molecular complexity index is 590. The van der Waals surface area contributed by atoms with Crippen molar-refractivity contribution in [1.29, 1.82) is 0 Å². The van der Waals surface area contributed by atoms with Gasteiger partial charge in [-0.15, -0.1) is 0 Å². The van der Waals surface area contributed by atoms with Crippen LogP contribution >= 0.6 is 11.8 Å². The Balaban J connectivity index is 1.43. The van der Waals surface area contributed by atoms with E-state index in [2.05, 4.69) is 42.6 Å². The molecular formula is C19H33BN4O2S. The van der Waals surface area contributed by atoms with Crippen molar-refractivity contribution in [3.8, 4) is 0 Å². The van der Waals surface area contributed by atoms with Crippen LogP contribution in [-0.4, -0.2) is 65.1 Å². The highest BCUT2D eigenvalue weighted by atomic mass is 32.2. The second kappa shape index (κ2) is 8.78. The molecule has 1 aromatic rings. The first-order valence-corrected chi connectivity index (χ1v) is 11.0. The van der Waals surface area contributed by atoms with E-state index in [0.29, 0.717) is 0 Å². The number of hydrogen-bond acceptors (Lipinski definition) is 7. The summed E-state index contributed by atoms with van der Waals surface area (Å²) in [5, 5.41) is 0.829. The Hall–Kier alpha value is -0.665. The van der Waals surface area contributed by atoms with Crippen LogP contribution in [-0.2, 0) is 9.31 Å². The molecule has 0 unspecified atom stereocenters. The van der Waals surface area contributed by atoms with E-state index in [4.69, 9.17) is 15.0 Å². The summed E-state index contributed by atoms with van der Waals surface area (Å²) in [7, 11) is -0.396. The van der Waals surface area contributed by atoms with E-state index in [0.717, 1.165) is 35.4 Å².